The summed E-state index contributed by atoms with van der Waals surface area (Å²) in [4.78, 5) is 13.6. The van der Waals surface area contributed by atoms with E-state index in [1.165, 1.54) is 6.42 Å². The number of nitrogens with zero attached hydrogens (tertiary/aromatic N) is 2. The van der Waals surface area contributed by atoms with Crippen LogP contribution in [0.5, 0.6) is 0 Å². The zero-order chi connectivity index (χ0) is 16.4. The molecule has 0 saturated carbocycles. The van der Waals surface area contributed by atoms with Gasteiger partial charge in [0, 0.05) is 48.8 Å². The average molecular weight is 314 g/mol. The molecule has 1 aliphatic heterocycles. The number of hydrogen-bond acceptors (Lipinski definition) is 3. The van der Waals surface area contributed by atoms with Gasteiger partial charge in [0.15, 0.2) is 6.29 Å². The van der Waals surface area contributed by atoms with Gasteiger partial charge in [-0.1, -0.05) is 32.0 Å². The van der Waals surface area contributed by atoms with Gasteiger partial charge in [-0.3, -0.25) is 4.79 Å². The van der Waals surface area contributed by atoms with E-state index in [1.807, 2.05) is 35.0 Å². The van der Waals surface area contributed by atoms with Gasteiger partial charge in [0.05, 0.1) is 6.10 Å². The van der Waals surface area contributed by atoms with E-state index in [0.29, 0.717) is 30.5 Å². The van der Waals surface area contributed by atoms with Gasteiger partial charge in [-0.15, -0.1) is 0 Å². The number of aldehydes is 1. The van der Waals surface area contributed by atoms with Crippen LogP contribution >= 0.6 is 0 Å². The van der Waals surface area contributed by atoms with E-state index >= 15 is 0 Å². The summed E-state index contributed by atoms with van der Waals surface area (Å²) in [6.07, 6.45) is 3.59. The monoisotopic (exact) mass is 314 g/mol. The van der Waals surface area contributed by atoms with Crippen LogP contribution in [-0.2, 0) is 6.54 Å². The average Bonchev–Trinajstić information content (AvgIpc) is 2.84. The van der Waals surface area contributed by atoms with Crippen LogP contribution in [0.25, 0.3) is 10.9 Å². The van der Waals surface area contributed by atoms with Crippen molar-refractivity contribution in [2.45, 2.75) is 32.9 Å². The lowest BCUT2D eigenvalue weighted by molar-refractivity contribution is 0.0620. The molecule has 1 aromatic carbocycles. The molecule has 23 heavy (non-hydrogen) atoms. The summed E-state index contributed by atoms with van der Waals surface area (Å²) in [5.74, 6) is 1.39. The number of hydrogen-bond donors (Lipinski definition) is 1. The highest BCUT2D eigenvalue weighted by Crippen LogP contribution is 2.22. The van der Waals surface area contributed by atoms with E-state index in [4.69, 9.17) is 0 Å². The molecule has 0 radical (unpaired) electrons. The van der Waals surface area contributed by atoms with Crippen LogP contribution in [0.2, 0.25) is 0 Å². The first kappa shape index (κ1) is 16.2. The molecule has 1 N–H and O–H groups in total. The highest BCUT2D eigenvalue weighted by atomic mass is 16.3. The Labute approximate surface area is 137 Å². The van der Waals surface area contributed by atoms with Crippen LogP contribution in [0.4, 0.5) is 0 Å². The number of β-amino-alcohol motifs (C(OH)–C–C–N with tert-alkyl or cyclic N) is 1. The Morgan fingerprint density at radius 3 is 2.61 bits per heavy atom. The molecule has 1 aliphatic rings. The van der Waals surface area contributed by atoms with Crippen LogP contribution in [0, 0.1) is 11.8 Å². The van der Waals surface area contributed by atoms with Crippen molar-refractivity contribution in [1.29, 1.82) is 0 Å². The molecule has 124 valence electrons. The number of para-hydroxylation sites is 1. The lowest BCUT2D eigenvalue weighted by Crippen LogP contribution is -2.43. The normalized spacial score (nSPS) is 24.0. The third-order valence-corrected chi connectivity index (χ3v) is 4.77. The predicted molar refractivity (Wildman–Crippen MR) is 92.7 cm³/mol. The minimum Gasteiger partial charge on any atom is -0.390 e. The van der Waals surface area contributed by atoms with Gasteiger partial charge in [0.1, 0.15) is 0 Å². The second kappa shape index (κ2) is 6.85. The van der Waals surface area contributed by atoms with E-state index in [0.717, 1.165) is 30.3 Å². The van der Waals surface area contributed by atoms with Crippen molar-refractivity contribution in [3.05, 3.63) is 36.0 Å². The van der Waals surface area contributed by atoms with E-state index in [2.05, 4.69) is 18.7 Å². The summed E-state index contributed by atoms with van der Waals surface area (Å²) in [5, 5.41) is 11.5. The van der Waals surface area contributed by atoms with E-state index < -0.39 is 6.10 Å². The second-order valence-corrected chi connectivity index (χ2v) is 7.19. The fourth-order valence-electron chi connectivity index (χ4n) is 4.04. The number of fused-ring (bicyclic) bond motifs is 1. The molecule has 3 atom stereocenters. The molecule has 1 saturated heterocycles. The Morgan fingerprint density at radius 1 is 1.22 bits per heavy atom. The van der Waals surface area contributed by atoms with Crippen molar-refractivity contribution in [3.8, 4) is 0 Å². The Balaban J connectivity index is 1.70. The first-order valence-corrected chi connectivity index (χ1v) is 8.50. The summed E-state index contributed by atoms with van der Waals surface area (Å²) < 4.78 is 2.00. The maximum atomic E-state index is 11.2. The number of carbonyl (C=O) groups is 1. The highest BCUT2D eigenvalue weighted by Gasteiger charge is 2.23. The van der Waals surface area contributed by atoms with Gasteiger partial charge < -0.3 is 14.6 Å². The van der Waals surface area contributed by atoms with Crippen LogP contribution < -0.4 is 0 Å². The van der Waals surface area contributed by atoms with E-state index in [1.54, 1.807) is 0 Å². The standard InChI is InChI=1S/C19H26N2O2/c1-14-7-15(2)9-20(8-14)11-17(23)12-21-10-16(13-22)18-5-3-4-6-19(18)21/h3-6,10,13-15,17,23H,7-9,11-12H2,1-2H3/t14-,15+,17-/m1/s1. The Kier molecular flexibility index (Phi) is 4.83. The third-order valence-electron chi connectivity index (χ3n) is 4.77. The van der Waals surface area contributed by atoms with Crippen LogP contribution in [0.1, 0.15) is 30.6 Å². The molecule has 0 bridgehead atoms. The van der Waals surface area contributed by atoms with Crippen LogP contribution in [0.3, 0.4) is 0 Å². The van der Waals surface area contributed by atoms with Gasteiger partial charge in [-0.2, -0.15) is 0 Å². The molecule has 2 heterocycles. The summed E-state index contributed by atoms with van der Waals surface area (Å²) in [5.41, 5.74) is 1.70. The first-order chi connectivity index (χ1) is 11.1. The van der Waals surface area contributed by atoms with Gasteiger partial charge >= 0.3 is 0 Å². The molecule has 4 nitrogen and oxygen atoms in total. The van der Waals surface area contributed by atoms with Gasteiger partial charge in [0.25, 0.3) is 0 Å². The SMILES string of the molecule is C[C@@H]1C[C@H](C)CN(C[C@@H](O)Cn2cc(C=O)c3ccccc32)C1. The number of aromatic nitrogens is 1. The van der Waals surface area contributed by atoms with Gasteiger partial charge in [0.2, 0.25) is 0 Å². The van der Waals surface area contributed by atoms with Gasteiger partial charge in [-0.25, -0.2) is 0 Å². The Hall–Kier alpha value is -1.65. The molecule has 0 aliphatic carbocycles. The second-order valence-electron chi connectivity index (χ2n) is 7.19. The molecule has 1 aromatic heterocycles. The number of benzene rings is 1. The molecular formula is C19H26N2O2. The highest BCUT2D eigenvalue weighted by molar-refractivity contribution is 5.97. The number of aliphatic hydroxyl groups excluding tert-OH is 1. The maximum absolute atomic E-state index is 11.2. The number of rotatable bonds is 5. The smallest absolute Gasteiger partial charge is 0.152 e. The lowest BCUT2D eigenvalue weighted by Gasteiger charge is -2.36. The molecular weight excluding hydrogens is 288 g/mol. The number of piperidine rings is 1. The van der Waals surface area contributed by atoms with Crippen LogP contribution in [0.15, 0.2) is 30.5 Å². The zero-order valence-electron chi connectivity index (χ0n) is 14.0. The van der Waals surface area contributed by atoms with Gasteiger partial charge in [-0.05, 0) is 24.3 Å². The summed E-state index contributed by atoms with van der Waals surface area (Å²) in [6, 6.07) is 7.86. The fourth-order valence-corrected chi connectivity index (χ4v) is 4.04. The molecule has 4 heteroatoms. The van der Waals surface area contributed by atoms with Crippen molar-refractivity contribution in [1.82, 2.24) is 9.47 Å². The van der Waals surface area contributed by atoms with Crippen molar-refractivity contribution in [3.63, 3.8) is 0 Å². The Morgan fingerprint density at radius 2 is 1.91 bits per heavy atom. The van der Waals surface area contributed by atoms with Crippen molar-refractivity contribution < 1.29 is 9.90 Å². The number of likely N-dealkylation sites (tertiary alicyclic amines) is 1. The van der Waals surface area contributed by atoms with E-state index in [9.17, 15) is 9.90 Å². The van der Waals surface area contributed by atoms with Crippen LogP contribution in [-0.4, -0.2) is 46.6 Å². The Bertz CT molecular complexity index is 669. The predicted octanol–water partition coefficient (Wildman–Crippen LogP) is 2.79. The quantitative estimate of drug-likeness (QED) is 0.863. The molecule has 0 unspecified atom stereocenters. The number of carbonyl (C=O) groups excluding carboxylic acids is 1. The molecule has 0 amide bonds. The molecule has 2 aromatic rings. The number of aliphatic hydroxyl groups is 1. The maximum Gasteiger partial charge on any atom is 0.152 e. The van der Waals surface area contributed by atoms with Crippen molar-refractivity contribution >= 4 is 17.2 Å². The fraction of sp³-hybridized carbons (Fsp3) is 0.526. The molecule has 0 spiro atoms. The zero-order valence-corrected chi connectivity index (χ0v) is 14.0. The third kappa shape index (κ3) is 3.65. The van der Waals surface area contributed by atoms with E-state index in [-0.39, 0.29) is 0 Å². The molecule has 3 rings (SSSR count). The largest absolute Gasteiger partial charge is 0.390 e. The minimum absolute atomic E-state index is 0.428. The first-order valence-electron chi connectivity index (χ1n) is 8.50. The topological polar surface area (TPSA) is 45.5 Å². The summed E-state index contributed by atoms with van der Waals surface area (Å²) in [7, 11) is 0. The summed E-state index contributed by atoms with van der Waals surface area (Å²) >= 11 is 0. The van der Waals surface area contributed by atoms with Crippen molar-refractivity contribution in [2.24, 2.45) is 11.8 Å². The minimum atomic E-state index is -0.428. The molecule has 1 fully saturated rings. The summed E-state index contributed by atoms with van der Waals surface area (Å²) in [6.45, 7) is 7.90. The van der Waals surface area contributed by atoms with Crippen molar-refractivity contribution in [2.75, 3.05) is 19.6 Å². The lowest BCUT2D eigenvalue weighted by atomic mass is 9.92.